The molecule has 1 N–H and O–H groups in total. The lowest BCUT2D eigenvalue weighted by Crippen LogP contribution is -2.63. The zero-order valence-corrected chi connectivity index (χ0v) is 12.5. The summed E-state index contributed by atoms with van der Waals surface area (Å²) in [6, 6.07) is -0.243. The van der Waals surface area contributed by atoms with Crippen molar-refractivity contribution >= 4 is 16.1 Å². The van der Waals surface area contributed by atoms with E-state index in [4.69, 9.17) is 4.74 Å². The summed E-state index contributed by atoms with van der Waals surface area (Å²) in [6.07, 6.45) is 3.08. The summed E-state index contributed by atoms with van der Waals surface area (Å²) in [5.41, 5.74) is -0.615. The average molecular weight is 290 g/mol. The molecule has 2 atom stereocenters. The molecule has 1 saturated heterocycles. The maximum absolute atomic E-state index is 12.2. The van der Waals surface area contributed by atoms with Gasteiger partial charge in [-0.3, -0.25) is 4.90 Å². The first kappa shape index (κ1) is 14.6. The van der Waals surface area contributed by atoms with Crippen LogP contribution in [0, 0.1) is 0 Å². The molecule has 1 aliphatic heterocycles. The summed E-state index contributed by atoms with van der Waals surface area (Å²) in [5.74, 6) is -0.302. The number of carbonyl (C=O) groups excluding carboxylic acids is 1. The largest absolute Gasteiger partial charge is 0.444 e. The van der Waals surface area contributed by atoms with Crippen molar-refractivity contribution in [3.63, 3.8) is 0 Å². The zero-order chi connectivity index (χ0) is 14.3. The first-order valence-corrected chi connectivity index (χ1v) is 8.33. The van der Waals surface area contributed by atoms with Crippen LogP contribution in [0.1, 0.15) is 46.5 Å². The Kier molecular flexibility index (Phi) is 3.79. The highest BCUT2D eigenvalue weighted by Gasteiger charge is 2.43. The van der Waals surface area contributed by atoms with Gasteiger partial charge in [0.2, 0.25) is 10.0 Å². The molecule has 2 rings (SSSR count). The molecular weight excluding hydrogens is 268 g/mol. The van der Waals surface area contributed by atoms with E-state index in [1.54, 1.807) is 20.8 Å². The van der Waals surface area contributed by atoms with Gasteiger partial charge in [0.05, 0.1) is 6.04 Å². The number of sulfonamides is 1. The Hall–Kier alpha value is -0.820. The first-order chi connectivity index (χ1) is 8.68. The Morgan fingerprint density at radius 2 is 1.89 bits per heavy atom. The summed E-state index contributed by atoms with van der Waals surface area (Å²) < 4.78 is 31.6. The molecule has 110 valence electrons. The van der Waals surface area contributed by atoms with Crippen molar-refractivity contribution in [2.45, 2.75) is 64.1 Å². The third-order valence-corrected chi connectivity index (χ3v) is 4.68. The van der Waals surface area contributed by atoms with Crippen LogP contribution in [-0.2, 0) is 14.8 Å². The molecule has 0 spiro atoms. The second kappa shape index (κ2) is 4.94. The van der Waals surface area contributed by atoms with E-state index in [1.165, 1.54) is 4.90 Å². The maximum Gasteiger partial charge on any atom is 0.411 e. The minimum absolute atomic E-state index is 0.0767. The van der Waals surface area contributed by atoms with Crippen LogP contribution in [0.4, 0.5) is 4.79 Å². The molecule has 1 saturated carbocycles. The lowest BCUT2D eigenvalue weighted by Gasteiger charge is -2.43. The van der Waals surface area contributed by atoms with Gasteiger partial charge in [-0.25, -0.2) is 17.9 Å². The van der Waals surface area contributed by atoms with Gasteiger partial charge >= 0.3 is 6.09 Å². The van der Waals surface area contributed by atoms with Crippen LogP contribution in [0.2, 0.25) is 0 Å². The minimum Gasteiger partial charge on any atom is -0.444 e. The van der Waals surface area contributed by atoms with Crippen molar-refractivity contribution in [3.8, 4) is 0 Å². The average Bonchev–Trinajstić information content (AvgIpc) is 2.24. The number of nitrogens with one attached hydrogen (secondary N) is 1. The standard InChI is InChI=1S/C12H22N2O4S/c1-12(2,3)18-11(15)14-8-19(16,17)13-9-6-4-5-7-10(9)14/h9-10,13H,4-8H2,1-3H3. The maximum atomic E-state index is 12.2. The van der Waals surface area contributed by atoms with Gasteiger partial charge in [-0.05, 0) is 33.6 Å². The molecule has 1 aliphatic carbocycles. The SMILES string of the molecule is CC(C)(C)OC(=O)N1CS(=O)(=O)NC2CCCCC21. The summed E-state index contributed by atoms with van der Waals surface area (Å²) in [5, 5.41) is 0. The van der Waals surface area contributed by atoms with Crippen molar-refractivity contribution in [2.75, 3.05) is 5.88 Å². The molecule has 1 heterocycles. The van der Waals surface area contributed by atoms with E-state index in [0.29, 0.717) is 0 Å². The fourth-order valence-electron chi connectivity index (χ4n) is 2.68. The number of hydrogen-bond acceptors (Lipinski definition) is 4. The minimum atomic E-state index is -3.43. The lowest BCUT2D eigenvalue weighted by atomic mass is 9.90. The number of hydrogen-bond donors (Lipinski definition) is 1. The van der Waals surface area contributed by atoms with E-state index >= 15 is 0 Å². The highest BCUT2D eigenvalue weighted by molar-refractivity contribution is 7.89. The number of ether oxygens (including phenoxy) is 1. The van der Waals surface area contributed by atoms with E-state index in [2.05, 4.69) is 4.72 Å². The van der Waals surface area contributed by atoms with Gasteiger partial charge in [0.25, 0.3) is 0 Å². The molecule has 1 amide bonds. The smallest absolute Gasteiger partial charge is 0.411 e. The molecule has 7 heteroatoms. The van der Waals surface area contributed by atoms with Crippen LogP contribution in [0.5, 0.6) is 0 Å². The Morgan fingerprint density at radius 1 is 1.26 bits per heavy atom. The number of carbonyl (C=O) groups is 1. The number of amides is 1. The number of nitrogens with zero attached hydrogens (tertiary/aromatic N) is 1. The van der Waals surface area contributed by atoms with Gasteiger partial charge in [0, 0.05) is 6.04 Å². The topological polar surface area (TPSA) is 75.7 Å². The van der Waals surface area contributed by atoms with Crippen LogP contribution in [-0.4, -0.2) is 43.0 Å². The van der Waals surface area contributed by atoms with E-state index in [1.807, 2.05) is 0 Å². The van der Waals surface area contributed by atoms with Crippen LogP contribution in [0.3, 0.4) is 0 Å². The van der Waals surface area contributed by atoms with Crippen molar-refractivity contribution in [2.24, 2.45) is 0 Å². The predicted octanol–water partition coefficient (Wildman–Crippen LogP) is 1.43. The molecule has 0 aromatic rings. The van der Waals surface area contributed by atoms with E-state index in [0.717, 1.165) is 25.7 Å². The third-order valence-electron chi connectivity index (χ3n) is 3.40. The van der Waals surface area contributed by atoms with Crippen LogP contribution < -0.4 is 4.72 Å². The van der Waals surface area contributed by atoms with E-state index < -0.39 is 21.7 Å². The Bertz CT molecular complexity index is 455. The van der Waals surface area contributed by atoms with Gasteiger partial charge < -0.3 is 4.74 Å². The third kappa shape index (κ3) is 3.60. The molecule has 0 radical (unpaired) electrons. The molecule has 6 nitrogen and oxygen atoms in total. The van der Waals surface area contributed by atoms with Gasteiger partial charge in [-0.2, -0.15) is 0 Å². The van der Waals surface area contributed by atoms with Crippen molar-refractivity contribution in [1.82, 2.24) is 9.62 Å². The fourth-order valence-corrected chi connectivity index (χ4v) is 4.15. The monoisotopic (exact) mass is 290 g/mol. The van der Waals surface area contributed by atoms with Crippen molar-refractivity contribution < 1.29 is 17.9 Å². The summed E-state index contributed by atoms with van der Waals surface area (Å²) >= 11 is 0. The Labute approximate surface area is 114 Å². The van der Waals surface area contributed by atoms with Crippen LogP contribution in [0.25, 0.3) is 0 Å². The van der Waals surface area contributed by atoms with E-state index in [9.17, 15) is 13.2 Å². The summed E-state index contributed by atoms with van der Waals surface area (Å²) in [6.45, 7) is 5.33. The van der Waals surface area contributed by atoms with Gasteiger partial charge in [-0.1, -0.05) is 12.8 Å². The number of rotatable bonds is 0. The van der Waals surface area contributed by atoms with Crippen molar-refractivity contribution in [3.05, 3.63) is 0 Å². The molecule has 0 bridgehead atoms. The molecule has 19 heavy (non-hydrogen) atoms. The summed E-state index contributed by atoms with van der Waals surface area (Å²) in [7, 11) is -3.43. The lowest BCUT2D eigenvalue weighted by molar-refractivity contribution is 0.0112. The molecule has 0 aromatic heterocycles. The molecule has 0 aromatic carbocycles. The Balaban J connectivity index is 2.18. The van der Waals surface area contributed by atoms with Gasteiger partial charge in [0.15, 0.2) is 0 Å². The first-order valence-electron chi connectivity index (χ1n) is 6.68. The molecule has 2 aliphatic rings. The van der Waals surface area contributed by atoms with Crippen molar-refractivity contribution in [1.29, 1.82) is 0 Å². The summed E-state index contributed by atoms with van der Waals surface area (Å²) in [4.78, 5) is 13.5. The molecular formula is C12H22N2O4S. The second-order valence-corrected chi connectivity index (χ2v) is 7.99. The normalized spacial score (nSPS) is 30.6. The van der Waals surface area contributed by atoms with Crippen LogP contribution >= 0.6 is 0 Å². The molecule has 2 fully saturated rings. The Morgan fingerprint density at radius 3 is 2.53 bits per heavy atom. The van der Waals surface area contributed by atoms with Crippen LogP contribution in [0.15, 0.2) is 0 Å². The predicted molar refractivity (Wildman–Crippen MR) is 71.0 cm³/mol. The quantitative estimate of drug-likeness (QED) is 0.732. The highest BCUT2D eigenvalue weighted by atomic mass is 32.2. The fraction of sp³-hybridized carbons (Fsp3) is 0.917. The molecule has 2 unspecified atom stereocenters. The van der Waals surface area contributed by atoms with Gasteiger partial charge in [-0.15, -0.1) is 0 Å². The van der Waals surface area contributed by atoms with E-state index in [-0.39, 0.29) is 18.0 Å². The highest BCUT2D eigenvalue weighted by Crippen LogP contribution is 2.28. The second-order valence-electron chi connectivity index (χ2n) is 6.27. The zero-order valence-electron chi connectivity index (χ0n) is 11.7. The number of fused-ring (bicyclic) bond motifs is 1. The van der Waals surface area contributed by atoms with Gasteiger partial charge in [0.1, 0.15) is 11.5 Å².